The highest BCUT2D eigenvalue weighted by molar-refractivity contribution is 7.22. The Kier molecular flexibility index (Phi) is 3.65. The summed E-state index contributed by atoms with van der Waals surface area (Å²) < 4.78 is 14.3. The van der Waals surface area contributed by atoms with E-state index < -0.39 is 0 Å². The minimum Gasteiger partial charge on any atom is -0.368 e. The average Bonchev–Trinajstić information content (AvgIpc) is 2.99. The molecular formula is C18H18FN3S. The maximum atomic E-state index is 13.0. The van der Waals surface area contributed by atoms with E-state index in [9.17, 15) is 4.39 Å². The first-order chi connectivity index (χ1) is 11.2. The first kappa shape index (κ1) is 14.5. The number of hydrogen-bond acceptors (Lipinski definition) is 4. The highest BCUT2D eigenvalue weighted by atomic mass is 32.1. The van der Waals surface area contributed by atoms with Gasteiger partial charge in [0.15, 0.2) is 5.13 Å². The maximum Gasteiger partial charge on any atom is 0.186 e. The minimum absolute atomic E-state index is 0.183. The van der Waals surface area contributed by atoms with E-state index in [1.807, 2.05) is 12.1 Å². The van der Waals surface area contributed by atoms with Crippen LogP contribution in [-0.4, -0.2) is 31.2 Å². The number of rotatable bonds is 2. The number of nitrogens with zero attached hydrogens (tertiary/aromatic N) is 3. The third-order valence-electron chi connectivity index (χ3n) is 4.27. The lowest BCUT2D eigenvalue weighted by Gasteiger charge is -2.35. The molecule has 1 aromatic heterocycles. The van der Waals surface area contributed by atoms with Gasteiger partial charge in [-0.15, -0.1) is 0 Å². The molecule has 1 fully saturated rings. The predicted molar refractivity (Wildman–Crippen MR) is 95.2 cm³/mol. The summed E-state index contributed by atoms with van der Waals surface area (Å²) in [5.41, 5.74) is 3.44. The number of benzene rings is 2. The zero-order valence-electron chi connectivity index (χ0n) is 13.0. The molecule has 5 heteroatoms. The van der Waals surface area contributed by atoms with Gasteiger partial charge in [-0.05, 0) is 48.9 Å². The molecule has 0 unspecified atom stereocenters. The number of piperazine rings is 1. The summed E-state index contributed by atoms with van der Waals surface area (Å²) in [6.07, 6.45) is 0. The van der Waals surface area contributed by atoms with Crippen LogP contribution in [0.25, 0.3) is 10.2 Å². The van der Waals surface area contributed by atoms with Gasteiger partial charge in [0, 0.05) is 31.9 Å². The molecule has 0 N–H and O–H groups in total. The second kappa shape index (κ2) is 5.81. The van der Waals surface area contributed by atoms with Crippen molar-refractivity contribution < 1.29 is 4.39 Å². The van der Waals surface area contributed by atoms with E-state index in [0.717, 1.165) is 42.5 Å². The number of fused-ring (bicyclic) bond motifs is 1. The monoisotopic (exact) mass is 327 g/mol. The molecule has 4 rings (SSSR count). The van der Waals surface area contributed by atoms with Crippen LogP contribution in [0.5, 0.6) is 0 Å². The summed E-state index contributed by atoms with van der Waals surface area (Å²) in [5.74, 6) is -0.183. The van der Waals surface area contributed by atoms with Gasteiger partial charge in [-0.25, -0.2) is 9.37 Å². The fourth-order valence-corrected chi connectivity index (χ4v) is 4.08. The van der Waals surface area contributed by atoms with Crippen LogP contribution in [0.3, 0.4) is 0 Å². The van der Waals surface area contributed by atoms with Crippen LogP contribution in [0.15, 0.2) is 42.5 Å². The molecule has 23 heavy (non-hydrogen) atoms. The molecule has 1 aliphatic heterocycles. The molecule has 0 radical (unpaired) electrons. The van der Waals surface area contributed by atoms with E-state index in [4.69, 9.17) is 4.98 Å². The Morgan fingerprint density at radius 2 is 1.65 bits per heavy atom. The van der Waals surface area contributed by atoms with Gasteiger partial charge in [0.2, 0.25) is 0 Å². The van der Waals surface area contributed by atoms with Crippen molar-refractivity contribution in [1.29, 1.82) is 0 Å². The van der Waals surface area contributed by atoms with Crippen LogP contribution in [0, 0.1) is 12.7 Å². The van der Waals surface area contributed by atoms with Crippen molar-refractivity contribution in [2.45, 2.75) is 6.92 Å². The van der Waals surface area contributed by atoms with E-state index >= 15 is 0 Å². The van der Waals surface area contributed by atoms with Gasteiger partial charge < -0.3 is 9.80 Å². The van der Waals surface area contributed by atoms with Gasteiger partial charge in [-0.2, -0.15) is 0 Å². The summed E-state index contributed by atoms with van der Waals surface area (Å²) in [4.78, 5) is 9.41. The third kappa shape index (κ3) is 2.88. The van der Waals surface area contributed by atoms with E-state index in [1.165, 1.54) is 22.4 Å². The van der Waals surface area contributed by atoms with Gasteiger partial charge in [-0.3, -0.25) is 0 Å². The Hall–Kier alpha value is -2.14. The molecule has 118 valence electrons. The van der Waals surface area contributed by atoms with Crippen LogP contribution >= 0.6 is 11.3 Å². The minimum atomic E-state index is -0.183. The number of aromatic nitrogens is 1. The fraction of sp³-hybridized carbons (Fsp3) is 0.278. The van der Waals surface area contributed by atoms with Crippen LogP contribution in [-0.2, 0) is 0 Å². The molecule has 3 aromatic rings. The number of halogens is 1. The molecule has 0 saturated carbocycles. The Labute approximate surface area is 139 Å². The largest absolute Gasteiger partial charge is 0.368 e. The lowest BCUT2D eigenvalue weighted by Crippen LogP contribution is -2.46. The van der Waals surface area contributed by atoms with Crippen molar-refractivity contribution in [3.8, 4) is 0 Å². The van der Waals surface area contributed by atoms with Crippen molar-refractivity contribution in [3.05, 3.63) is 53.8 Å². The Bertz CT molecular complexity index is 820. The summed E-state index contributed by atoms with van der Waals surface area (Å²) >= 11 is 1.76. The molecule has 0 aliphatic carbocycles. The molecule has 2 aromatic carbocycles. The van der Waals surface area contributed by atoms with E-state index in [-0.39, 0.29) is 5.82 Å². The normalized spacial score (nSPS) is 15.4. The number of anilines is 2. The topological polar surface area (TPSA) is 19.4 Å². The molecule has 0 bridgehead atoms. The Morgan fingerprint density at radius 1 is 0.957 bits per heavy atom. The lowest BCUT2D eigenvalue weighted by atomic mass is 10.2. The van der Waals surface area contributed by atoms with E-state index in [0.29, 0.717) is 0 Å². The molecular weight excluding hydrogens is 309 g/mol. The highest BCUT2D eigenvalue weighted by Gasteiger charge is 2.20. The maximum absolute atomic E-state index is 13.0. The van der Waals surface area contributed by atoms with Crippen LogP contribution in [0.2, 0.25) is 0 Å². The van der Waals surface area contributed by atoms with Crippen molar-refractivity contribution in [3.63, 3.8) is 0 Å². The second-order valence-corrected chi connectivity index (χ2v) is 6.93. The van der Waals surface area contributed by atoms with Gasteiger partial charge in [0.25, 0.3) is 0 Å². The third-order valence-corrected chi connectivity index (χ3v) is 5.35. The first-order valence-electron chi connectivity index (χ1n) is 7.82. The molecule has 3 nitrogen and oxygen atoms in total. The number of aryl methyl sites for hydroxylation is 1. The summed E-state index contributed by atoms with van der Waals surface area (Å²) in [6, 6.07) is 13.2. The van der Waals surface area contributed by atoms with Gasteiger partial charge in [-0.1, -0.05) is 17.4 Å². The van der Waals surface area contributed by atoms with Crippen LogP contribution in [0.4, 0.5) is 15.2 Å². The lowest BCUT2D eigenvalue weighted by molar-refractivity contribution is 0.624. The molecule has 0 spiro atoms. The van der Waals surface area contributed by atoms with Gasteiger partial charge >= 0.3 is 0 Å². The summed E-state index contributed by atoms with van der Waals surface area (Å²) in [5, 5.41) is 1.10. The van der Waals surface area contributed by atoms with Crippen molar-refractivity contribution in [2.24, 2.45) is 0 Å². The summed E-state index contributed by atoms with van der Waals surface area (Å²) in [7, 11) is 0. The van der Waals surface area contributed by atoms with E-state index in [2.05, 4.69) is 34.9 Å². The Balaban J connectivity index is 1.48. The SMILES string of the molecule is Cc1ccc2nc(N3CCN(c4ccc(F)cc4)CC3)sc2c1. The van der Waals surface area contributed by atoms with Gasteiger partial charge in [0.05, 0.1) is 10.2 Å². The predicted octanol–water partition coefficient (Wildman–Crippen LogP) is 4.07. The smallest absolute Gasteiger partial charge is 0.186 e. The zero-order chi connectivity index (χ0) is 15.8. The first-order valence-corrected chi connectivity index (χ1v) is 8.63. The highest BCUT2D eigenvalue weighted by Crippen LogP contribution is 2.30. The number of thiazole rings is 1. The molecule has 0 atom stereocenters. The van der Waals surface area contributed by atoms with Crippen molar-refractivity contribution >= 4 is 32.4 Å². The molecule has 2 heterocycles. The van der Waals surface area contributed by atoms with Crippen molar-refractivity contribution in [1.82, 2.24) is 4.98 Å². The molecule has 0 amide bonds. The summed E-state index contributed by atoms with van der Waals surface area (Å²) in [6.45, 7) is 5.85. The molecule has 1 aliphatic rings. The standard InChI is InChI=1S/C18H18FN3S/c1-13-2-7-16-17(12-13)23-18(20-16)22-10-8-21(9-11-22)15-5-3-14(19)4-6-15/h2-7,12H,8-11H2,1H3. The van der Waals surface area contributed by atoms with Crippen molar-refractivity contribution in [2.75, 3.05) is 36.0 Å². The number of hydrogen-bond donors (Lipinski definition) is 0. The van der Waals surface area contributed by atoms with E-state index in [1.54, 1.807) is 11.3 Å². The van der Waals surface area contributed by atoms with Crippen LogP contribution in [0.1, 0.15) is 5.56 Å². The quantitative estimate of drug-likeness (QED) is 0.707. The zero-order valence-corrected chi connectivity index (χ0v) is 13.8. The van der Waals surface area contributed by atoms with Gasteiger partial charge in [0.1, 0.15) is 5.82 Å². The Morgan fingerprint density at radius 3 is 2.39 bits per heavy atom. The van der Waals surface area contributed by atoms with Crippen LogP contribution < -0.4 is 9.80 Å². The second-order valence-electron chi connectivity index (χ2n) is 5.92. The fourth-order valence-electron chi connectivity index (χ4n) is 2.96. The average molecular weight is 327 g/mol. The molecule has 1 saturated heterocycles.